The van der Waals surface area contributed by atoms with Gasteiger partial charge < -0.3 is 10.2 Å². The van der Waals surface area contributed by atoms with E-state index in [0.717, 1.165) is 22.8 Å². The average molecular weight is 378 g/mol. The number of nitrogens with one attached hydrogen (secondary N) is 1. The zero-order valence-electron chi connectivity index (χ0n) is 17.0. The van der Waals surface area contributed by atoms with Gasteiger partial charge in [0.1, 0.15) is 0 Å². The lowest BCUT2D eigenvalue weighted by molar-refractivity contribution is 0.0940. The van der Waals surface area contributed by atoms with Gasteiger partial charge in [0.2, 0.25) is 5.95 Å². The van der Waals surface area contributed by atoms with Gasteiger partial charge >= 0.3 is 0 Å². The van der Waals surface area contributed by atoms with E-state index < -0.39 is 0 Å². The summed E-state index contributed by atoms with van der Waals surface area (Å²) in [5, 5.41) is 7.51. The third-order valence-corrected chi connectivity index (χ3v) is 4.52. The number of amides is 1. The van der Waals surface area contributed by atoms with Crippen LogP contribution in [-0.2, 0) is 13.5 Å². The highest BCUT2D eigenvalue weighted by molar-refractivity contribution is 5.95. The van der Waals surface area contributed by atoms with Crippen LogP contribution in [0, 0.1) is 6.92 Å². The smallest absolute Gasteiger partial charge is 0.251 e. The fourth-order valence-electron chi connectivity index (χ4n) is 3.07. The van der Waals surface area contributed by atoms with Gasteiger partial charge in [0.15, 0.2) is 5.82 Å². The normalized spacial score (nSPS) is 11.9. The summed E-state index contributed by atoms with van der Waals surface area (Å²) >= 11 is 0. The van der Waals surface area contributed by atoms with Crippen LogP contribution in [-0.4, -0.2) is 45.8 Å². The summed E-state index contributed by atoms with van der Waals surface area (Å²) < 4.78 is 1.72. The minimum atomic E-state index is -0.119. The van der Waals surface area contributed by atoms with E-state index in [4.69, 9.17) is 0 Å². The number of pyridine rings is 1. The van der Waals surface area contributed by atoms with Crippen molar-refractivity contribution in [3.05, 3.63) is 59.4 Å². The van der Waals surface area contributed by atoms with Crippen LogP contribution >= 0.6 is 0 Å². The fraction of sp³-hybridized carbons (Fsp3) is 0.333. The standard InChI is InChI=1S/C21H26N6O/c1-14-8-7-11-22-18(14)12-15(2)23-20(28)17-10-6-9-16(13-17)19-24-21(26(3)4)27(5)25-19/h6-11,13,15H,12H2,1-5H3,(H,23,28)/t15-/m1/s1. The Morgan fingerprint density at radius 3 is 2.71 bits per heavy atom. The van der Waals surface area contributed by atoms with Gasteiger partial charge in [-0.2, -0.15) is 4.98 Å². The van der Waals surface area contributed by atoms with Crippen LogP contribution in [0.5, 0.6) is 0 Å². The zero-order chi connectivity index (χ0) is 20.3. The minimum absolute atomic E-state index is 0.0296. The lowest BCUT2D eigenvalue weighted by atomic mass is 10.1. The summed E-state index contributed by atoms with van der Waals surface area (Å²) in [4.78, 5) is 23.6. The topological polar surface area (TPSA) is 75.9 Å². The lowest BCUT2D eigenvalue weighted by Crippen LogP contribution is -2.34. The van der Waals surface area contributed by atoms with Gasteiger partial charge in [-0.1, -0.05) is 18.2 Å². The van der Waals surface area contributed by atoms with E-state index in [-0.39, 0.29) is 11.9 Å². The lowest BCUT2D eigenvalue weighted by Gasteiger charge is -2.15. The number of rotatable bonds is 6. The predicted molar refractivity (Wildman–Crippen MR) is 110 cm³/mol. The molecule has 0 bridgehead atoms. The summed E-state index contributed by atoms with van der Waals surface area (Å²) in [6.45, 7) is 4.02. The number of aromatic nitrogens is 4. The van der Waals surface area contributed by atoms with Crippen molar-refractivity contribution in [3.8, 4) is 11.4 Å². The quantitative estimate of drug-likeness (QED) is 0.714. The number of hydrogen-bond donors (Lipinski definition) is 1. The molecule has 0 aliphatic heterocycles. The van der Waals surface area contributed by atoms with E-state index in [1.165, 1.54) is 0 Å². The molecule has 3 aromatic rings. The van der Waals surface area contributed by atoms with Gasteiger partial charge in [0.05, 0.1) is 0 Å². The second-order valence-electron chi connectivity index (χ2n) is 7.18. The first-order valence-electron chi connectivity index (χ1n) is 9.25. The van der Waals surface area contributed by atoms with E-state index in [1.54, 1.807) is 16.9 Å². The van der Waals surface area contributed by atoms with Crippen LogP contribution < -0.4 is 10.2 Å². The van der Waals surface area contributed by atoms with E-state index in [1.807, 2.05) is 70.2 Å². The minimum Gasteiger partial charge on any atom is -0.349 e. The van der Waals surface area contributed by atoms with Crippen LogP contribution in [0.4, 0.5) is 5.95 Å². The maximum absolute atomic E-state index is 12.7. The second kappa shape index (κ2) is 8.21. The van der Waals surface area contributed by atoms with Crippen molar-refractivity contribution in [2.45, 2.75) is 26.3 Å². The highest BCUT2D eigenvalue weighted by Gasteiger charge is 2.15. The molecule has 0 spiro atoms. The molecule has 7 nitrogen and oxygen atoms in total. The first kappa shape index (κ1) is 19.5. The molecule has 0 unspecified atom stereocenters. The molecule has 1 N–H and O–H groups in total. The molecule has 0 saturated heterocycles. The summed E-state index contributed by atoms with van der Waals surface area (Å²) in [5.41, 5.74) is 3.52. The SMILES string of the molecule is Cc1cccnc1C[C@@H](C)NC(=O)c1cccc(-c2nc(N(C)C)n(C)n2)c1. The largest absolute Gasteiger partial charge is 0.349 e. The Balaban J connectivity index is 1.73. The molecule has 2 aromatic heterocycles. The van der Waals surface area contributed by atoms with Gasteiger partial charge in [-0.25, -0.2) is 4.68 Å². The Morgan fingerprint density at radius 2 is 2.04 bits per heavy atom. The Morgan fingerprint density at radius 1 is 1.25 bits per heavy atom. The maximum atomic E-state index is 12.7. The zero-order valence-corrected chi connectivity index (χ0v) is 17.0. The van der Waals surface area contributed by atoms with Crippen molar-refractivity contribution in [1.29, 1.82) is 0 Å². The molecular weight excluding hydrogens is 352 g/mol. The number of hydrogen-bond acceptors (Lipinski definition) is 5. The Labute approximate surface area is 165 Å². The van der Waals surface area contributed by atoms with E-state index >= 15 is 0 Å². The maximum Gasteiger partial charge on any atom is 0.251 e. The van der Waals surface area contributed by atoms with Gasteiger partial charge in [0, 0.05) is 56.6 Å². The highest BCUT2D eigenvalue weighted by atomic mass is 16.1. The molecule has 3 rings (SSSR count). The van der Waals surface area contributed by atoms with Crippen molar-refractivity contribution in [2.75, 3.05) is 19.0 Å². The number of benzene rings is 1. The molecule has 0 fully saturated rings. The Kier molecular flexibility index (Phi) is 5.73. The van der Waals surface area contributed by atoms with Crippen LogP contribution in [0.1, 0.15) is 28.5 Å². The van der Waals surface area contributed by atoms with Crippen molar-refractivity contribution in [1.82, 2.24) is 25.1 Å². The van der Waals surface area contributed by atoms with Crippen LogP contribution in [0.15, 0.2) is 42.6 Å². The van der Waals surface area contributed by atoms with Crippen LogP contribution in [0.3, 0.4) is 0 Å². The van der Waals surface area contributed by atoms with Crippen molar-refractivity contribution < 1.29 is 4.79 Å². The van der Waals surface area contributed by atoms with E-state index in [2.05, 4.69) is 20.4 Å². The van der Waals surface area contributed by atoms with Crippen LogP contribution in [0.2, 0.25) is 0 Å². The van der Waals surface area contributed by atoms with E-state index in [0.29, 0.717) is 17.8 Å². The number of aryl methyl sites for hydroxylation is 2. The third-order valence-electron chi connectivity index (χ3n) is 4.52. The number of anilines is 1. The third kappa shape index (κ3) is 4.36. The molecule has 0 radical (unpaired) electrons. The van der Waals surface area contributed by atoms with Crippen molar-refractivity contribution in [3.63, 3.8) is 0 Å². The van der Waals surface area contributed by atoms with Crippen molar-refractivity contribution in [2.24, 2.45) is 7.05 Å². The highest BCUT2D eigenvalue weighted by Crippen LogP contribution is 2.20. The molecule has 28 heavy (non-hydrogen) atoms. The Bertz CT molecular complexity index is 979. The van der Waals surface area contributed by atoms with Crippen LogP contribution in [0.25, 0.3) is 11.4 Å². The van der Waals surface area contributed by atoms with Gasteiger partial charge in [-0.3, -0.25) is 9.78 Å². The number of carbonyl (C=O) groups excluding carboxylic acids is 1. The van der Waals surface area contributed by atoms with Gasteiger partial charge in [-0.15, -0.1) is 5.10 Å². The molecule has 2 heterocycles. The van der Waals surface area contributed by atoms with Gasteiger partial charge in [0.25, 0.3) is 5.91 Å². The number of carbonyl (C=O) groups is 1. The molecular formula is C21H26N6O. The molecule has 1 atom stereocenters. The molecule has 146 valence electrons. The molecule has 0 aliphatic carbocycles. The molecule has 0 saturated carbocycles. The summed E-state index contributed by atoms with van der Waals surface area (Å²) in [5.74, 6) is 1.23. The first-order valence-corrected chi connectivity index (χ1v) is 9.25. The van der Waals surface area contributed by atoms with Crippen molar-refractivity contribution >= 4 is 11.9 Å². The summed E-state index contributed by atoms with van der Waals surface area (Å²) in [7, 11) is 5.69. The molecule has 0 aliphatic rings. The second-order valence-corrected chi connectivity index (χ2v) is 7.18. The monoisotopic (exact) mass is 378 g/mol. The average Bonchev–Trinajstić information content (AvgIpc) is 3.06. The Hall–Kier alpha value is -3.22. The first-order chi connectivity index (χ1) is 13.3. The molecule has 1 aromatic carbocycles. The molecule has 7 heteroatoms. The summed E-state index contributed by atoms with van der Waals surface area (Å²) in [6.07, 6.45) is 2.47. The van der Waals surface area contributed by atoms with Gasteiger partial charge in [-0.05, 0) is 37.6 Å². The summed E-state index contributed by atoms with van der Waals surface area (Å²) in [6, 6.07) is 11.3. The fourth-order valence-corrected chi connectivity index (χ4v) is 3.07. The predicted octanol–water partition coefficient (Wildman–Crippen LogP) is 2.61. The van der Waals surface area contributed by atoms with E-state index in [9.17, 15) is 4.79 Å². The molecule has 1 amide bonds. The number of nitrogens with zero attached hydrogens (tertiary/aromatic N) is 5.